The second-order valence-corrected chi connectivity index (χ2v) is 7.17. The largest absolute Gasteiger partial charge is 0.496 e. The lowest BCUT2D eigenvalue weighted by atomic mass is 10.1. The molecule has 1 aromatic carbocycles. The molecule has 2 fully saturated rings. The third kappa shape index (κ3) is 4.53. The summed E-state index contributed by atoms with van der Waals surface area (Å²) in [7, 11) is 1.64. The molecule has 1 aliphatic heterocycles. The monoisotopic (exact) mass is 344 g/mol. The summed E-state index contributed by atoms with van der Waals surface area (Å²) in [5, 5.41) is 3.01. The van der Waals surface area contributed by atoms with Gasteiger partial charge in [0.15, 0.2) is 0 Å². The van der Waals surface area contributed by atoms with Gasteiger partial charge in [-0.25, -0.2) is 0 Å². The van der Waals surface area contributed by atoms with E-state index in [0.29, 0.717) is 31.8 Å². The maximum atomic E-state index is 12.2. The number of rotatable bonds is 7. The molecule has 1 N–H and O–H groups in total. The lowest BCUT2D eigenvalue weighted by molar-refractivity contribution is -0.129. The number of nitrogens with one attached hydrogen (secondary N) is 1. The van der Waals surface area contributed by atoms with E-state index in [4.69, 9.17) is 4.74 Å². The summed E-state index contributed by atoms with van der Waals surface area (Å²) in [6.45, 7) is 1.40. The zero-order valence-electron chi connectivity index (χ0n) is 15.0. The quantitative estimate of drug-likeness (QED) is 0.827. The Bertz CT molecular complexity index is 611. The fourth-order valence-electron chi connectivity index (χ4n) is 4.02. The molecule has 0 bridgehead atoms. The SMILES string of the molecule is COc1ccccc1CCC(=O)NCC1CC(=O)N(C2CCCC2)C1. The van der Waals surface area contributed by atoms with Gasteiger partial charge in [-0.05, 0) is 30.9 Å². The van der Waals surface area contributed by atoms with E-state index >= 15 is 0 Å². The van der Waals surface area contributed by atoms with Crippen LogP contribution in [-0.4, -0.2) is 43.0 Å². The number of ether oxygens (including phenoxy) is 1. The number of amides is 2. The Labute approximate surface area is 149 Å². The van der Waals surface area contributed by atoms with Crippen molar-refractivity contribution in [3.8, 4) is 5.75 Å². The number of methoxy groups -OCH3 is 1. The average Bonchev–Trinajstić information content (AvgIpc) is 3.27. The highest BCUT2D eigenvalue weighted by Crippen LogP contribution is 2.29. The summed E-state index contributed by atoms with van der Waals surface area (Å²) in [4.78, 5) is 26.4. The van der Waals surface area contributed by atoms with Gasteiger partial charge in [0.05, 0.1) is 7.11 Å². The van der Waals surface area contributed by atoms with E-state index in [1.54, 1.807) is 7.11 Å². The number of nitrogens with zero attached hydrogens (tertiary/aromatic N) is 1. The van der Waals surface area contributed by atoms with E-state index in [1.165, 1.54) is 12.8 Å². The number of likely N-dealkylation sites (tertiary alicyclic amines) is 1. The highest BCUT2D eigenvalue weighted by atomic mass is 16.5. The fourth-order valence-corrected chi connectivity index (χ4v) is 4.02. The summed E-state index contributed by atoms with van der Waals surface area (Å²) in [5.74, 6) is 1.38. The maximum absolute atomic E-state index is 12.2. The number of para-hydroxylation sites is 1. The molecule has 2 amide bonds. The Kier molecular flexibility index (Phi) is 5.95. The van der Waals surface area contributed by atoms with Crippen LogP contribution in [0.3, 0.4) is 0 Å². The Balaban J connectivity index is 1.41. The molecular weight excluding hydrogens is 316 g/mol. The lowest BCUT2D eigenvalue weighted by Gasteiger charge is -2.24. The van der Waals surface area contributed by atoms with E-state index < -0.39 is 0 Å². The third-order valence-electron chi connectivity index (χ3n) is 5.41. The molecular formula is C20H28N2O3. The van der Waals surface area contributed by atoms with Crippen LogP contribution in [-0.2, 0) is 16.0 Å². The molecule has 136 valence electrons. The fraction of sp³-hybridized carbons (Fsp3) is 0.600. The van der Waals surface area contributed by atoms with Crippen molar-refractivity contribution < 1.29 is 14.3 Å². The normalized spacial score (nSPS) is 20.9. The summed E-state index contributed by atoms with van der Waals surface area (Å²) in [5.41, 5.74) is 1.05. The number of hydrogen-bond donors (Lipinski definition) is 1. The van der Waals surface area contributed by atoms with Crippen molar-refractivity contribution in [2.75, 3.05) is 20.2 Å². The van der Waals surface area contributed by atoms with Crippen molar-refractivity contribution in [1.82, 2.24) is 10.2 Å². The van der Waals surface area contributed by atoms with Crippen LogP contribution in [0.25, 0.3) is 0 Å². The highest BCUT2D eigenvalue weighted by Gasteiger charge is 2.35. The topological polar surface area (TPSA) is 58.6 Å². The second-order valence-electron chi connectivity index (χ2n) is 7.17. The first-order chi connectivity index (χ1) is 12.2. The zero-order valence-corrected chi connectivity index (χ0v) is 15.0. The lowest BCUT2D eigenvalue weighted by Crippen LogP contribution is -2.36. The van der Waals surface area contributed by atoms with Crippen LogP contribution in [0, 0.1) is 5.92 Å². The number of carbonyl (C=O) groups excluding carboxylic acids is 2. The van der Waals surface area contributed by atoms with Crippen LogP contribution in [0.5, 0.6) is 5.75 Å². The Morgan fingerprint density at radius 3 is 2.80 bits per heavy atom. The summed E-state index contributed by atoms with van der Waals surface area (Å²) in [6.07, 6.45) is 6.43. The molecule has 3 rings (SSSR count). The molecule has 0 aromatic heterocycles. The smallest absolute Gasteiger partial charge is 0.223 e. The summed E-state index contributed by atoms with van der Waals surface area (Å²) < 4.78 is 5.32. The Morgan fingerprint density at radius 1 is 1.28 bits per heavy atom. The van der Waals surface area contributed by atoms with Crippen molar-refractivity contribution >= 4 is 11.8 Å². The van der Waals surface area contributed by atoms with Gasteiger partial charge in [-0.1, -0.05) is 31.0 Å². The third-order valence-corrected chi connectivity index (χ3v) is 5.41. The van der Waals surface area contributed by atoms with E-state index in [9.17, 15) is 9.59 Å². The predicted octanol–water partition coefficient (Wildman–Crippen LogP) is 2.54. The Hall–Kier alpha value is -2.04. The van der Waals surface area contributed by atoms with Crippen LogP contribution in [0.15, 0.2) is 24.3 Å². The van der Waals surface area contributed by atoms with Gasteiger partial charge in [-0.3, -0.25) is 9.59 Å². The molecule has 5 nitrogen and oxygen atoms in total. The summed E-state index contributed by atoms with van der Waals surface area (Å²) >= 11 is 0. The van der Waals surface area contributed by atoms with Crippen LogP contribution >= 0.6 is 0 Å². The van der Waals surface area contributed by atoms with Gasteiger partial charge < -0.3 is 15.0 Å². The molecule has 1 aliphatic carbocycles. The average molecular weight is 344 g/mol. The van der Waals surface area contributed by atoms with Gasteiger partial charge in [0.2, 0.25) is 11.8 Å². The predicted molar refractivity (Wildman–Crippen MR) is 96.4 cm³/mol. The van der Waals surface area contributed by atoms with Crippen molar-refractivity contribution in [2.24, 2.45) is 5.92 Å². The summed E-state index contributed by atoms with van der Waals surface area (Å²) in [6, 6.07) is 8.22. The van der Waals surface area contributed by atoms with Gasteiger partial charge >= 0.3 is 0 Å². The number of carbonyl (C=O) groups is 2. The molecule has 1 saturated carbocycles. The van der Waals surface area contributed by atoms with Crippen LogP contribution in [0.1, 0.15) is 44.1 Å². The maximum Gasteiger partial charge on any atom is 0.223 e. The minimum atomic E-state index is 0.0395. The van der Waals surface area contributed by atoms with E-state index in [-0.39, 0.29) is 17.7 Å². The first kappa shape index (κ1) is 17.8. The van der Waals surface area contributed by atoms with Gasteiger partial charge in [-0.2, -0.15) is 0 Å². The molecule has 1 aromatic rings. The molecule has 2 aliphatic rings. The molecule has 1 atom stereocenters. The van der Waals surface area contributed by atoms with Crippen molar-refractivity contribution in [1.29, 1.82) is 0 Å². The Morgan fingerprint density at radius 2 is 2.04 bits per heavy atom. The molecule has 1 saturated heterocycles. The van der Waals surface area contributed by atoms with Gasteiger partial charge in [0.25, 0.3) is 0 Å². The van der Waals surface area contributed by atoms with E-state index in [0.717, 1.165) is 30.7 Å². The highest BCUT2D eigenvalue weighted by molar-refractivity contribution is 5.79. The van der Waals surface area contributed by atoms with Crippen LogP contribution in [0.2, 0.25) is 0 Å². The van der Waals surface area contributed by atoms with Gasteiger partial charge in [0, 0.05) is 37.9 Å². The van der Waals surface area contributed by atoms with E-state index in [2.05, 4.69) is 10.2 Å². The standard InChI is InChI=1S/C20H28N2O3/c1-25-18-9-5-2-6-16(18)10-11-19(23)21-13-15-12-20(24)22(14-15)17-7-3-4-8-17/h2,5-6,9,15,17H,3-4,7-8,10-14H2,1H3,(H,21,23). The first-order valence-electron chi connectivity index (χ1n) is 9.35. The minimum absolute atomic E-state index is 0.0395. The van der Waals surface area contributed by atoms with Crippen LogP contribution < -0.4 is 10.1 Å². The second kappa shape index (κ2) is 8.37. The van der Waals surface area contributed by atoms with Gasteiger partial charge in [0.1, 0.15) is 5.75 Å². The number of aryl methyl sites for hydroxylation is 1. The van der Waals surface area contributed by atoms with E-state index in [1.807, 2.05) is 24.3 Å². The molecule has 25 heavy (non-hydrogen) atoms. The minimum Gasteiger partial charge on any atom is -0.496 e. The number of benzene rings is 1. The zero-order chi connectivity index (χ0) is 17.6. The van der Waals surface area contributed by atoms with Gasteiger partial charge in [-0.15, -0.1) is 0 Å². The van der Waals surface area contributed by atoms with Crippen molar-refractivity contribution in [3.63, 3.8) is 0 Å². The first-order valence-corrected chi connectivity index (χ1v) is 9.35. The molecule has 1 unspecified atom stereocenters. The molecule has 0 radical (unpaired) electrons. The van der Waals surface area contributed by atoms with Crippen molar-refractivity contribution in [2.45, 2.75) is 51.0 Å². The molecule has 0 spiro atoms. The molecule has 1 heterocycles. The molecule has 5 heteroatoms. The van der Waals surface area contributed by atoms with Crippen LogP contribution in [0.4, 0.5) is 0 Å². The van der Waals surface area contributed by atoms with Crippen molar-refractivity contribution in [3.05, 3.63) is 29.8 Å². The number of hydrogen-bond acceptors (Lipinski definition) is 3.